The van der Waals surface area contributed by atoms with Crippen LogP contribution in [0.15, 0.2) is 24.3 Å². The molecule has 0 aromatic heterocycles. The van der Waals surface area contributed by atoms with Gasteiger partial charge in [0.25, 0.3) is 0 Å². The highest BCUT2D eigenvalue weighted by molar-refractivity contribution is 7.83. The van der Waals surface area contributed by atoms with Crippen molar-refractivity contribution >= 4 is 10.3 Å². The number of methoxy groups -OCH3 is 1. The standard InChI is InChI=1S/C16H28N2O8S/c1-18(7-8-25-11-13(19)9-17-27(21,22)23)10-14(20)12-26-16-5-3-15(24-2)4-6-16/h3-6,13-14,17,19-20H,7-12H2,1-2H3,(H,21,22,23)/p-1. The summed E-state index contributed by atoms with van der Waals surface area (Å²) in [5.41, 5.74) is 0. The van der Waals surface area contributed by atoms with Crippen molar-refractivity contribution in [1.29, 1.82) is 0 Å². The minimum atomic E-state index is -4.58. The second kappa shape index (κ2) is 12.1. The molecular formula is C16H27N2O8S-. The van der Waals surface area contributed by atoms with Gasteiger partial charge in [-0.2, -0.15) is 0 Å². The Labute approximate surface area is 159 Å². The Balaban J connectivity index is 2.13. The van der Waals surface area contributed by atoms with Crippen LogP contribution in [0.1, 0.15) is 0 Å². The molecule has 3 N–H and O–H groups in total. The van der Waals surface area contributed by atoms with E-state index in [0.717, 1.165) is 5.75 Å². The molecule has 0 fully saturated rings. The van der Waals surface area contributed by atoms with E-state index in [1.165, 1.54) is 0 Å². The normalized spacial score (nSPS) is 14.1. The molecule has 0 saturated heterocycles. The molecule has 0 aliphatic carbocycles. The lowest BCUT2D eigenvalue weighted by Crippen LogP contribution is -2.36. The molecule has 0 amide bonds. The van der Waals surface area contributed by atoms with Crippen molar-refractivity contribution in [2.24, 2.45) is 0 Å². The smallest absolute Gasteiger partial charge is 0.159 e. The first-order valence-corrected chi connectivity index (χ1v) is 9.70. The number of aliphatic hydroxyl groups excluding tert-OH is 2. The summed E-state index contributed by atoms with van der Waals surface area (Å²) in [6, 6.07) is 7.03. The molecule has 1 aromatic carbocycles. The van der Waals surface area contributed by atoms with Gasteiger partial charge in [0.2, 0.25) is 0 Å². The van der Waals surface area contributed by atoms with Crippen LogP contribution in [0, 0.1) is 0 Å². The predicted octanol–water partition coefficient (Wildman–Crippen LogP) is -1.21. The largest absolute Gasteiger partial charge is 0.735 e. The molecule has 0 aliphatic rings. The highest BCUT2D eigenvalue weighted by Gasteiger charge is 2.10. The van der Waals surface area contributed by atoms with Crippen LogP contribution in [-0.2, 0) is 15.0 Å². The zero-order valence-corrected chi connectivity index (χ0v) is 16.2. The zero-order chi connectivity index (χ0) is 20.3. The van der Waals surface area contributed by atoms with Crippen molar-refractivity contribution in [3.05, 3.63) is 24.3 Å². The van der Waals surface area contributed by atoms with Crippen LogP contribution in [0.25, 0.3) is 0 Å². The van der Waals surface area contributed by atoms with Crippen molar-refractivity contribution in [2.45, 2.75) is 12.2 Å². The molecular weight excluding hydrogens is 380 g/mol. The lowest BCUT2D eigenvalue weighted by Gasteiger charge is -2.21. The number of nitrogens with one attached hydrogen (secondary N) is 1. The number of hydrogen-bond donors (Lipinski definition) is 3. The molecule has 27 heavy (non-hydrogen) atoms. The zero-order valence-electron chi connectivity index (χ0n) is 15.4. The van der Waals surface area contributed by atoms with Crippen LogP contribution < -0.4 is 14.2 Å². The third kappa shape index (κ3) is 11.8. The monoisotopic (exact) mass is 407 g/mol. The average molecular weight is 407 g/mol. The van der Waals surface area contributed by atoms with Crippen LogP contribution in [0.3, 0.4) is 0 Å². The highest BCUT2D eigenvalue weighted by atomic mass is 32.2. The Morgan fingerprint density at radius 1 is 1.15 bits per heavy atom. The summed E-state index contributed by atoms with van der Waals surface area (Å²) < 4.78 is 48.5. The molecule has 0 aliphatic heterocycles. The van der Waals surface area contributed by atoms with Crippen LogP contribution in [-0.4, -0.2) is 93.9 Å². The van der Waals surface area contributed by atoms with Gasteiger partial charge in [-0.3, -0.25) is 0 Å². The van der Waals surface area contributed by atoms with E-state index < -0.39 is 29.1 Å². The van der Waals surface area contributed by atoms with E-state index in [1.54, 1.807) is 43.1 Å². The number of rotatable bonds is 14. The summed E-state index contributed by atoms with van der Waals surface area (Å²) in [7, 11) is -1.20. The number of ether oxygens (including phenoxy) is 3. The molecule has 1 aromatic rings. The van der Waals surface area contributed by atoms with Gasteiger partial charge in [0, 0.05) is 19.6 Å². The highest BCUT2D eigenvalue weighted by Crippen LogP contribution is 2.17. The number of benzene rings is 1. The third-order valence-electron chi connectivity index (χ3n) is 3.45. The lowest BCUT2D eigenvalue weighted by molar-refractivity contribution is 0.0231. The number of hydrogen-bond acceptors (Lipinski definition) is 9. The van der Waals surface area contributed by atoms with Gasteiger partial charge in [0.15, 0.2) is 10.3 Å². The Morgan fingerprint density at radius 3 is 2.37 bits per heavy atom. The van der Waals surface area contributed by atoms with E-state index in [9.17, 15) is 23.2 Å². The van der Waals surface area contributed by atoms with E-state index >= 15 is 0 Å². The first kappa shape index (κ1) is 23.6. The second-order valence-electron chi connectivity index (χ2n) is 5.93. The van der Waals surface area contributed by atoms with Gasteiger partial charge in [-0.15, -0.1) is 0 Å². The fourth-order valence-electron chi connectivity index (χ4n) is 2.07. The summed E-state index contributed by atoms with van der Waals surface area (Å²) in [5.74, 6) is 1.35. The minimum absolute atomic E-state index is 0.112. The average Bonchev–Trinajstić information content (AvgIpc) is 2.61. The summed E-state index contributed by atoms with van der Waals surface area (Å²) in [6.45, 7) is 0.732. The number of nitrogens with zero attached hydrogens (tertiary/aromatic N) is 1. The van der Waals surface area contributed by atoms with Crippen LogP contribution in [0.4, 0.5) is 0 Å². The van der Waals surface area contributed by atoms with Gasteiger partial charge >= 0.3 is 0 Å². The Bertz CT molecular complexity index is 626. The van der Waals surface area contributed by atoms with E-state index in [2.05, 4.69) is 0 Å². The maximum absolute atomic E-state index is 10.4. The fourth-order valence-corrected chi connectivity index (χ4v) is 2.46. The van der Waals surface area contributed by atoms with Gasteiger partial charge < -0.3 is 33.9 Å². The predicted molar refractivity (Wildman–Crippen MR) is 96.5 cm³/mol. The Kier molecular flexibility index (Phi) is 10.5. The van der Waals surface area contributed by atoms with E-state index in [0.29, 0.717) is 18.8 Å². The summed E-state index contributed by atoms with van der Waals surface area (Å²) in [6.07, 6.45) is -1.81. The van der Waals surface area contributed by atoms with Gasteiger partial charge in [-0.1, -0.05) is 0 Å². The molecule has 156 valence electrons. The first-order valence-electron chi connectivity index (χ1n) is 8.29. The number of likely N-dealkylation sites (N-methyl/N-ethyl adjacent to an activating group) is 1. The molecule has 11 heteroatoms. The first-order chi connectivity index (χ1) is 12.7. The van der Waals surface area contributed by atoms with Crippen molar-refractivity contribution < 1.29 is 37.4 Å². The van der Waals surface area contributed by atoms with E-state index in [-0.39, 0.29) is 19.8 Å². The van der Waals surface area contributed by atoms with Crippen molar-refractivity contribution in [1.82, 2.24) is 9.62 Å². The minimum Gasteiger partial charge on any atom is -0.735 e. The summed E-state index contributed by atoms with van der Waals surface area (Å²) in [5, 5.41) is 19.5. The molecule has 10 nitrogen and oxygen atoms in total. The van der Waals surface area contributed by atoms with Gasteiger partial charge in [-0.25, -0.2) is 13.1 Å². The summed E-state index contributed by atoms with van der Waals surface area (Å²) >= 11 is 0. The van der Waals surface area contributed by atoms with Gasteiger partial charge in [0.05, 0.1) is 26.4 Å². The molecule has 0 bridgehead atoms. The van der Waals surface area contributed by atoms with Crippen LogP contribution in [0.2, 0.25) is 0 Å². The van der Waals surface area contributed by atoms with Crippen molar-refractivity contribution in [3.8, 4) is 11.5 Å². The molecule has 2 unspecified atom stereocenters. The summed E-state index contributed by atoms with van der Waals surface area (Å²) in [4.78, 5) is 1.83. The molecule has 2 atom stereocenters. The van der Waals surface area contributed by atoms with Crippen molar-refractivity contribution in [2.75, 3.05) is 53.6 Å². The molecule has 1 rings (SSSR count). The van der Waals surface area contributed by atoms with E-state index in [1.807, 2.05) is 4.90 Å². The second-order valence-corrected chi connectivity index (χ2v) is 7.13. The molecule has 0 saturated carbocycles. The van der Waals surface area contributed by atoms with Gasteiger partial charge in [-0.05, 0) is 31.3 Å². The van der Waals surface area contributed by atoms with Crippen LogP contribution >= 0.6 is 0 Å². The third-order valence-corrected chi connectivity index (χ3v) is 3.97. The maximum atomic E-state index is 10.4. The fraction of sp³-hybridized carbons (Fsp3) is 0.625. The number of aliphatic hydroxyl groups is 2. The van der Waals surface area contributed by atoms with E-state index in [4.69, 9.17) is 14.2 Å². The van der Waals surface area contributed by atoms with Gasteiger partial charge in [0.1, 0.15) is 24.2 Å². The SMILES string of the molecule is COc1ccc(OCC(O)CN(C)CCOCC(O)CNS(=O)(=O)[O-])cc1. The maximum Gasteiger partial charge on any atom is 0.159 e. The molecule has 0 heterocycles. The quantitative estimate of drug-likeness (QED) is 0.256. The lowest BCUT2D eigenvalue weighted by atomic mass is 10.3. The molecule has 0 spiro atoms. The van der Waals surface area contributed by atoms with Crippen molar-refractivity contribution in [3.63, 3.8) is 0 Å². The topological polar surface area (TPSA) is 141 Å². The Morgan fingerprint density at radius 2 is 1.78 bits per heavy atom. The Hall–Kier alpha value is -1.47. The molecule has 0 radical (unpaired) electrons. The van der Waals surface area contributed by atoms with Crippen LogP contribution in [0.5, 0.6) is 11.5 Å².